The van der Waals surface area contributed by atoms with Gasteiger partial charge in [-0.3, -0.25) is 19.2 Å². The molecule has 1 aliphatic heterocycles. The smallest absolute Gasteiger partial charge is 0.303 e. The maximum absolute atomic E-state index is 11.9. The number of hydrogen-bond donors (Lipinski definition) is 1. The Morgan fingerprint density at radius 2 is 1.56 bits per heavy atom. The normalized spacial score (nSPS) is 25.4. The van der Waals surface area contributed by atoms with Gasteiger partial charge in [0.25, 0.3) is 0 Å². The second kappa shape index (κ2) is 12.5. The molecule has 0 saturated carbocycles. The van der Waals surface area contributed by atoms with Gasteiger partial charge in [0.2, 0.25) is 5.91 Å². The van der Waals surface area contributed by atoms with Crippen molar-refractivity contribution in [1.82, 2.24) is 5.32 Å². The number of ether oxygens (including phenoxy) is 5. The zero-order valence-corrected chi connectivity index (χ0v) is 19.4. The maximum atomic E-state index is 11.9. The molecule has 11 heteroatoms. The topological polar surface area (TPSA) is 144 Å². The first kappa shape index (κ1) is 27.5. The third kappa shape index (κ3) is 9.31. The van der Waals surface area contributed by atoms with E-state index in [1.54, 1.807) is 0 Å². The predicted octanol–water partition coefficient (Wildman–Crippen LogP) is 0.664. The van der Waals surface area contributed by atoms with E-state index in [0.29, 0.717) is 12.8 Å². The number of carbonyl (C=O) groups is 5. The lowest BCUT2D eigenvalue weighted by Crippen LogP contribution is -2.66. The summed E-state index contributed by atoms with van der Waals surface area (Å²) < 4.78 is 27.5. The van der Waals surface area contributed by atoms with Crippen LogP contribution in [0.2, 0.25) is 0 Å². The molecule has 0 spiro atoms. The Bertz CT molecular complexity index is 692. The number of carbonyl (C=O) groups excluding carboxylic acids is 5. The average molecular weight is 459 g/mol. The first-order valence-electron chi connectivity index (χ1n) is 10.3. The van der Waals surface area contributed by atoms with E-state index >= 15 is 0 Å². The summed E-state index contributed by atoms with van der Waals surface area (Å²) in [7, 11) is 0. The molecule has 11 nitrogen and oxygen atoms in total. The fourth-order valence-electron chi connectivity index (χ4n) is 3.21. The number of esters is 3. The largest absolute Gasteiger partial charge is 0.463 e. The van der Waals surface area contributed by atoms with Crippen LogP contribution >= 0.6 is 0 Å². The second-order valence-electron chi connectivity index (χ2n) is 8.38. The van der Waals surface area contributed by atoms with Crippen LogP contribution in [0.5, 0.6) is 0 Å². The quantitative estimate of drug-likeness (QED) is 0.266. The molecule has 1 N–H and O–H groups in total. The van der Waals surface area contributed by atoms with Gasteiger partial charge in [0.1, 0.15) is 25.0 Å². The molecule has 0 aromatic carbocycles. The minimum atomic E-state index is -1.17. The Balaban J connectivity index is 3.20. The molecule has 1 fully saturated rings. The van der Waals surface area contributed by atoms with Gasteiger partial charge in [-0.15, -0.1) is 0 Å². The molecule has 32 heavy (non-hydrogen) atoms. The van der Waals surface area contributed by atoms with Crippen molar-refractivity contribution in [3.8, 4) is 0 Å². The van der Waals surface area contributed by atoms with Crippen molar-refractivity contribution in [1.29, 1.82) is 0 Å². The van der Waals surface area contributed by atoms with Crippen LogP contribution in [0.3, 0.4) is 0 Å². The summed E-state index contributed by atoms with van der Waals surface area (Å²) in [5.41, 5.74) is -0.327. The van der Waals surface area contributed by atoms with Crippen molar-refractivity contribution in [2.45, 2.75) is 85.0 Å². The first-order chi connectivity index (χ1) is 14.9. The molecule has 182 valence electrons. The second-order valence-corrected chi connectivity index (χ2v) is 8.38. The summed E-state index contributed by atoms with van der Waals surface area (Å²) in [5, 5.41) is 2.63. The third-order valence-electron chi connectivity index (χ3n) is 4.77. The Labute approximate surface area is 187 Å². The van der Waals surface area contributed by atoms with Gasteiger partial charge in [0.05, 0.1) is 6.61 Å². The molecule has 0 aromatic heterocycles. The van der Waals surface area contributed by atoms with E-state index in [9.17, 15) is 24.0 Å². The monoisotopic (exact) mass is 459 g/mol. The van der Waals surface area contributed by atoms with Crippen molar-refractivity contribution in [2.75, 3.05) is 13.2 Å². The number of amides is 1. The lowest BCUT2D eigenvalue weighted by Gasteiger charge is -2.45. The molecule has 0 unspecified atom stereocenters. The maximum Gasteiger partial charge on any atom is 0.303 e. The Morgan fingerprint density at radius 3 is 2.06 bits per heavy atom. The number of rotatable bonds is 11. The van der Waals surface area contributed by atoms with Crippen molar-refractivity contribution >= 4 is 30.1 Å². The van der Waals surface area contributed by atoms with Crippen LogP contribution in [0.4, 0.5) is 0 Å². The highest BCUT2D eigenvalue weighted by molar-refractivity contribution is 5.73. The predicted molar refractivity (Wildman–Crippen MR) is 109 cm³/mol. The lowest BCUT2D eigenvalue weighted by molar-refractivity contribution is -0.278. The molecule has 5 atom stereocenters. The number of hydrogen-bond acceptors (Lipinski definition) is 10. The van der Waals surface area contributed by atoms with Gasteiger partial charge in [0.15, 0.2) is 18.5 Å². The molecule has 1 saturated heterocycles. The van der Waals surface area contributed by atoms with Crippen molar-refractivity contribution in [3.05, 3.63) is 0 Å². The minimum Gasteiger partial charge on any atom is -0.463 e. The fourth-order valence-corrected chi connectivity index (χ4v) is 3.21. The molecule has 0 aromatic rings. The number of aldehydes is 1. The molecular weight excluding hydrogens is 426 g/mol. The van der Waals surface area contributed by atoms with Crippen LogP contribution < -0.4 is 5.32 Å². The van der Waals surface area contributed by atoms with Crippen LogP contribution in [-0.4, -0.2) is 74.0 Å². The van der Waals surface area contributed by atoms with Crippen LogP contribution in [0.1, 0.15) is 54.4 Å². The van der Waals surface area contributed by atoms with E-state index in [4.69, 9.17) is 23.7 Å². The van der Waals surface area contributed by atoms with E-state index < -0.39 is 54.5 Å². The summed E-state index contributed by atoms with van der Waals surface area (Å²) in [6.45, 7) is 8.47. The van der Waals surface area contributed by atoms with Crippen LogP contribution in [-0.2, 0) is 47.7 Å². The van der Waals surface area contributed by atoms with Crippen molar-refractivity contribution < 1.29 is 47.7 Å². The van der Waals surface area contributed by atoms with Crippen molar-refractivity contribution in [2.24, 2.45) is 5.41 Å². The highest BCUT2D eigenvalue weighted by Crippen LogP contribution is 2.29. The molecule has 1 rings (SSSR count). The lowest BCUT2D eigenvalue weighted by atomic mass is 9.87. The summed E-state index contributed by atoms with van der Waals surface area (Å²) >= 11 is 0. The summed E-state index contributed by atoms with van der Waals surface area (Å²) in [6, 6.07) is -1.01. The molecule has 0 bridgehead atoms. The van der Waals surface area contributed by atoms with Crippen LogP contribution in [0.15, 0.2) is 0 Å². The molecule has 1 aliphatic rings. The summed E-state index contributed by atoms with van der Waals surface area (Å²) in [4.78, 5) is 57.5. The molecule has 1 amide bonds. The van der Waals surface area contributed by atoms with Gasteiger partial charge in [-0.2, -0.15) is 0 Å². The molecular formula is C21H33NO10. The van der Waals surface area contributed by atoms with E-state index in [-0.39, 0.29) is 18.6 Å². The van der Waals surface area contributed by atoms with Crippen LogP contribution in [0.25, 0.3) is 0 Å². The van der Waals surface area contributed by atoms with Gasteiger partial charge < -0.3 is 33.8 Å². The molecule has 0 aliphatic carbocycles. The van der Waals surface area contributed by atoms with E-state index in [1.807, 2.05) is 13.8 Å². The van der Waals surface area contributed by atoms with E-state index in [2.05, 4.69) is 5.32 Å². The SMILES string of the molecule is CC(=O)N[C@H]1[C@H](OCCC(C)(C)CC=O)O[C@H](COC(C)=O)[C@H](OC(C)=O)[C@@H]1OC(C)=O. The van der Waals surface area contributed by atoms with E-state index in [1.165, 1.54) is 27.7 Å². The molecule has 0 radical (unpaired) electrons. The summed E-state index contributed by atoms with van der Waals surface area (Å²) in [5.74, 6) is -2.40. The highest BCUT2D eigenvalue weighted by Gasteiger charge is 2.51. The Kier molecular flexibility index (Phi) is 10.7. The standard InChI is InChI=1S/C21H33NO10/c1-12(24)22-17-19(31-15(4)27)18(30-14(3)26)16(11-29-13(2)25)32-20(17)28-10-8-21(5,6)7-9-23/h9,16-20H,7-8,10-11H2,1-6H3,(H,22,24)/t16-,17-,18+,19-,20-/m1/s1. The Morgan fingerprint density at radius 1 is 0.969 bits per heavy atom. The minimum absolute atomic E-state index is 0.160. The Hall–Kier alpha value is -2.53. The highest BCUT2D eigenvalue weighted by atomic mass is 16.7. The van der Waals surface area contributed by atoms with E-state index in [0.717, 1.165) is 6.29 Å². The van der Waals surface area contributed by atoms with Gasteiger partial charge in [-0.25, -0.2) is 0 Å². The van der Waals surface area contributed by atoms with Gasteiger partial charge >= 0.3 is 17.9 Å². The molecule has 1 heterocycles. The zero-order valence-electron chi connectivity index (χ0n) is 19.4. The fraction of sp³-hybridized carbons (Fsp3) is 0.762. The van der Waals surface area contributed by atoms with Crippen molar-refractivity contribution in [3.63, 3.8) is 0 Å². The van der Waals surface area contributed by atoms with Gasteiger partial charge in [-0.1, -0.05) is 13.8 Å². The zero-order chi connectivity index (χ0) is 24.5. The summed E-state index contributed by atoms with van der Waals surface area (Å²) in [6.07, 6.45) is -2.81. The third-order valence-corrected chi connectivity index (χ3v) is 4.77. The van der Waals surface area contributed by atoms with Gasteiger partial charge in [-0.05, 0) is 11.8 Å². The van der Waals surface area contributed by atoms with Crippen LogP contribution in [0, 0.1) is 5.41 Å². The van der Waals surface area contributed by atoms with Gasteiger partial charge in [0, 0.05) is 34.1 Å². The number of nitrogens with one attached hydrogen (secondary N) is 1. The first-order valence-corrected chi connectivity index (χ1v) is 10.3. The average Bonchev–Trinajstić information content (AvgIpc) is 2.63.